The zero-order chi connectivity index (χ0) is 13.7. The zero-order valence-corrected chi connectivity index (χ0v) is 10.9. The Hall–Kier alpha value is -2.07. The van der Waals surface area contributed by atoms with Gasteiger partial charge in [0.25, 0.3) is 0 Å². The fraction of sp³-hybridized carbons (Fsp3) is 0. The maximum atomic E-state index is 12.8. The summed E-state index contributed by atoms with van der Waals surface area (Å²) < 4.78 is 12.8. The second-order valence-corrected chi connectivity index (χ2v) is 4.92. The van der Waals surface area contributed by atoms with Gasteiger partial charge in [0.05, 0.1) is 0 Å². The molecule has 2 aromatic carbocycles. The Morgan fingerprint density at radius 2 is 1.58 bits per heavy atom. The first-order chi connectivity index (χ1) is 9.17. The molecule has 0 aromatic heterocycles. The summed E-state index contributed by atoms with van der Waals surface area (Å²) in [6.45, 7) is 3.39. The molecule has 0 aliphatic carbocycles. The van der Waals surface area contributed by atoms with Crippen LogP contribution in [0, 0.1) is 5.82 Å². The second kappa shape index (κ2) is 6.20. The Balaban J connectivity index is 2.04. The maximum Gasteiger partial charge on any atom is 0.247 e. The van der Waals surface area contributed by atoms with Crippen molar-refractivity contribution in [3.8, 4) is 0 Å². The lowest BCUT2D eigenvalue weighted by Gasteiger charge is -2.04. The number of hydrogen-bond acceptors (Lipinski definition) is 2. The minimum atomic E-state index is -0.244. The monoisotopic (exact) mass is 273 g/mol. The molecule has 4 heteroatoms. The van der Waals surface area contributed by atoms with Crippen molar-refractivity contribution in [3.63, 3.8) is 0 Å². The molecule has 0 aliphatic rings. The molecule has 0 saturated carbocycles. The smallest absolute Gasteiger partial charge is 0.247 e. The summed E-state index contributed by atoms with van der Waals surface area (Å²) in [4.78, 5) is 13.1. The van der Waals surface area contributed by atoms with Gasteiger partial charge in [-0.15, -0.1) is 0 Å². The molecular formula is C15H12FNOS. The first kappa shape index (κ1) is 13.4. The number of carbonyl (C=O) groups is 1. The van der Waals surface area contributed by atoms with Crippen LogP contribution in [0.3, 0.4) is 0 Å². The minimum Gasteiger partial charge on any atom is -0.323 e. The van der Waals surface area contributed by atoms with Gasteiger partial charge in [-0.05, 0) is 54.6 Å². The minimum absolute atomic E-state index is 0.237. The van der Waals surface area contributed by atoms with Gasteiger partial charge < -0.3 is 5.32 Å². The molecule has 0 bridgehead atoms. The predicted octanol–water partition coefficient (Wildman–Crippen LogP) is 4.10. The van der Waals surface area contributed by atoms with Crippen molar-refractivity contribution in [1.82, 2.24) is 0 Å². The van der Waals surface area contributed by atoms with E-state index < -0.39 is 0 Å². The van der Waals surface area contributed by atoms with E-state index in [0.717, 1.165) is 9.79 Å². The standard InChI is InChI=1S/C15H12FNOS/c1-2-15(18)17-12-5-9-14(10-6-12)19-13-7-3-11(16)4-8-13/h2-10H,1H2,(H,17,18). The Kier molecular flexibility index (Phi) is 4.36. The highest BCUT2D eigenvalue weighted by molar-refractivity contribution is 7.99. The van der Waals surface area contributed by atoms with Gasteiger partial charge in [0.15, 0.2) is 0 Å². The number of amides is 1. The quantitative estimate of drug-likeness (QED) is 0.850. The number of nitrogens with one attached hydrogen (secondary N) is 1. The van der Waals surface area contributed by atoms with Crippen molar-refractivity contribution in [2.75, 3.05) is 5.32 Å². The average Bonchev–Trinajstić information content (AvgIpc) is 2.43. The summed E-state index contributed by atoms with van der Waals surface area (Å²) in [5.41, 5.74) is 0.716. The lowest BCUT2D eigenvalue weighted by Crippen LogP contribution is -2.06. The van der Waals surface area contributed by atoms with Crippen molar-refractivity contribution >= 4 is 23.4 Å². The first-order valence-corrected chi connectivity index (χ1v) is 6.46. The molecule has 96 valence electrons. The van der Waals surface area contributed by atoms with Crippen LogP contribution in [0.1, 0.15) is 0 Å². The molecule has 0 atom stereocenters. The third-order valence-electron chi connectivity index (χ3n) is 2.36. The highest BCUT2D eigenvalue weighted by atomic mass is 32.2. The Labute approximate surface area is 115 Å². The van der Waals surface area contributed by atoms with Crippen LogP contribution in [-0.2, 0) is 4.79 Å². The highest BCUT2D eigenvalue weighted by Gasteiger charge is 2.00. The van der Waals surface area contributed by atoms with Crippen LogP contribution >= 0.6 is 11.8 Å². The van der Waals surface area contributed by atoms with Crippen molar-refractivity contribution in [1.29, 1.82) is 0 Å². The van der Waals surface area contributed by atoms with Crippen molar-refractivity contribution in [2.45, 2.75) is 9.79 Å². The number of anilines is 1. The molecule has 2 aromatic rings. The largest absolute Gasteiger partial charge is 0.323 e. The van der Waals surface area contributed by atoms with Crippen LogP contribution < -0.4 is 5.32 Å². The third kappa shape index (κ3) is 3.96. The molecule has 19 heavy (non-hydrogen) atoms. The summed E-state index contributed by atoms with van der Waals surface area (Å²) >= 11 is 1.53. The molecule has 0 saturated heterocycles. The van der Waals surface area contributed by atoms with Crippen molar-refractivity contribution < 1.29 is 9.18 Å². The van der Waals surface area contributed by atoms with E-state index in [1.807, 2.05) is 24.3 Å². The van der Waals surface area contributed by atoms with Crippen LogP contribution in [0.25, 0.3) is 0 Å². The average molecular weight is 273 g/mol. The summed E-state index contributed by atoms with van der Waals surface area (Å²) in [7, 11) is 0. The molecule has 0 radical (unpaired) electrons. The molecule has 0 aliphatic heterocycles. The van der Waals surface area contributed by atoms with Gasteiger partial charge in [0, 0.05) is 15.5 Å². The summed E-state index contributed by atoms with van der Waals surface area (Å²) in [5, 5.41) is 2.67. The second-order valence-electron chi connectivity index (χ2n) is 3.77. The lowest BCUT2D eigenvalue weighted by molar-refractivity contribution is -0.111. The van der Waals surface area contributed by atoms with Crippen molar-refractivity contribution in [2.24, 2.45) is 0 Å². The molecule has 1 amide bonds. The van der Waals surface area contributed by atoms with E-state index in [-0.39, 0.29) is 11.7 Å². The molecule has 1 N–H and O–H groups in total. The van der Waals surface area contributed by atoms with Gasteiger partial charge in [-0.25, -0.2) is 4.39 Å². The van der Waals surface area contributed by atoms with Crippen LogP contribution in [0.4, 0.5) is 10.1 Å². The van der Waals surface area contributed by atoms with E-state index in [4.69, 9.17) is 0 Å². The molecule has 2 nitrogen and oxygen atoms in total. The van der Waals surface area contributed by atoms with Gasteiger partial charge in [-0.2, -0.15) is 0 Å². The molecule has 0 spiro atoms. The maximum absolute atomic E-state index is 12.8. The molecule has 2 rings (SSSR count). The Morgan fingerprint density at radius 1 is 1.05 bits per heavy atom. The number of rotatable bonds is 4. The Morgan fingerprint density at radius 3 is 2.11 bits per heavy atom. The van der Waals surface area contributed by atoms with Crippen LogP contribution in [-0.4, -0.2) is 5.91 Å². The van der Waals surface area contributed by atoms with Crippen LogP contribution in [0.15, 0.2) is 71.0 Å². The molecule has 0 unspecified atom stereocenters. The lowest BCUT2D eigenvalue weighted by atomic mass is 10.3. The van der Waals surface area contributed by atoms with Crippen molar-refractivity contribution in [3.05, 3.63) is 67.0 Å². The van der Waals surface area contributed by atoms with E-state index in [0.29, 0.717) is 5.69 Å². The van der Waals surface area contributed by atoms with Crippen LogP contribution in [0.5, 0.6) is 0 Å². The van der Waals surface area contributed by atoms with Gasteiger partial charge in [-0.3, -0.25) is 4.79 Å². The van der Waals surface area contributed by atoms with Gasteiger partial charge in [-0.1, -0.05) is 18.3 Å². The van der Waals surface area contributed by atoms with E-state index in [2.05, 4.69) is 11.9 Å². The summed E-state index contributed by atoms with van der Waals surface area (Å²) in [6.07, 6.45) is 1.22. The third-order valence-corrected chi connectivity index (χ3v) is 3.37. The fourth-order valence-electron chi connectivity index (χ4n) is 1.44. The topological polar surface area (TPSA) is 29.1 Å². The number of halogens is 1. The molecular weight excluding hydrogens is 261 g/mol. The summed E-state index contributed by atoms with van der Waals surface area (Å²) in [6, 6.07) is 13.7. The van der Waals surface area contributed by atoms with E-state index in [1.165, 1.54) is 30.0 Å². The fourth-order valence-corrected chi connectivity index (χ4v) is 2.25. The first-order valence-electron chi connectivity index (χ1n) is 5.64. The molecule has 0 heterocycles. The molecule has 0 fully saturated rings. The van der Waals surface area contributed by atoms with E-state index in [9.17, 15) is 9.18 Å². The number of hydrogen-bond donors (Lipinski definition) is 1. The van der Waals surface area contributed by atoms with E-state index >= 15 is 0 Å². The van der Waals surface area contributed by atoms with Gasteiger partial charge >= 0.3 is 0 Å². The van der Waals surface area contributed by atoms with E-state index in [1.54, 1.807) is 12.1 Å². The van der Waals surface area contributed by atoms with Gasteiger partial charge in [0.2, 0.25) is 5.91 Å². The predicted molar refractivity (Wildman–Crippen MR) is 75.8 cm³/mol. The zero-order valence-electron chi connectivity index (χ0n) is 10.1. The number of carbonyl (C=O) groups excluding carboxylic acids is 1. The number of benzene rings is 2. The van der Waals surface area contributed by atoms with Crippen LogP contribution in [0.2, 0.25) is 0 Å². The highest BCUT2D eigenvalue weighted by Crippen LogP contribution is 2.28. The normalized spacial score (nSPS) is 9.95. The Bertz CT molecular complexity index is 578. The van der Waals surface area contributed by atoms with Gasteiger partial charge in [0.1, 0.15) is 5.82 Å². The SMILES string of the molecule is C=CC(=O)Nc1ccc(Sc2ccc(F)cc2)cc1. The summed E-state index contributed by atoms with van der Waals surface area (Å²) in [5.74, 6) is -0.481.